The predicted molar refractivity (Wildman–Crippen MR) is 110 cm³/mol. The van der Waals surface area contributed by atoms with Gasteiger partial charge in [0.1, 0.15) is 0 Å². The molecule has 5 heteroatoms. The topological polar surface area (TPSA) is 50.8 Å². The molecule has 0 spiro atoms. The highest BCUT2D eigenvalue weighted by molar-refractivity contribution is 5.83. The van der Waals surface area contributed by atoms with Crippen LogP contribution in [0.1, 0.15) is 63.0 Å². The molecule has 0 aromatic heterocycles. The lowest BCUT2D eigenvalue weighted by Gasteiger charge is -2.55. The number of benzene rings is 1. The van der Waals surface area contributed by atoms with E-state index in [-0.39, 0.29) is 11.5 Å². The summed E-state index contributed by atoms with van der Waals surface area (Å²) in [5.41, 5.74) is 1.15. The van der Waals surface area contributed by atoms with Crippen molar-refractivity contribution in [1.29, 1.82) is 0 Å². The smallest absolute Gasteiger partial charge is 0.231 e. The Hall–Kier alpha value is -1.75. The molecular formula is C24H32N2O3. The molecule has 5 fully saturated rings. The predicted octanol–water partition coefficient (Wildman–Crippen LogP) is 3.88. The van der Waals surface area contributed by atoms with Crippen LogP contribution in [0.5, 0.6) is 11.5 Å². The van der Waals surface area contributed by atoms with Gasteiger partial charge in [0.2, 0.25) is 12.7 Å². The van der Waals surface area contributed by atoms with Crippen molar-refractivity contribution in [1.82, 2.24) is 10.2 Å². The van der Waals surface area contributed by atoms with Gasteiger partial charge in [0.25, 0.3) is 0 Å². The van der Waals surface area contributed by atoms with E-state index in [0.717, 1.165) is 61.6 Å². The third-order valence-corrected chi connectivity index (χ3v) is 8.34. The number of hydrogen-bond acceptors (Lipinski definition) is 4. The fraction of sp³-hybridized carbons (Fsp3) is 0.708. The minimum absolute atomic E-state index is 0.0702. The standard InChI is InChI=1S/C24H32N2O3/c27-23(24-11-16-7-17(12-24)9-18(8-16)13-24)25-14-20(26-5-1-2-6-26)19-3-4-21-22(10-19)29-15-28-21/h3-4,10,16-18,20H,1-2,5-9,11-15H2,(H,25,27). The molecule has 6 aliphatic rings. The minimum atomic E-state index is -0.0702. The normalized spacial score (nSPS) is 35.8. The van der Waals surface area contributed by atoms with Crippen molar-refractivity contribution in [3.8, 4) is 11.5 Å². The van der Waals surface area contributed by atoms with Crippen LogP contribution in [0.4, 0.5) is 0 Å². The monoisotopic (exact) mass is 396 g/mol. The molecule has 1 N–H and O–H groups in total. The molecule has 29 heavy (non-hydrogen) atoms. The molecular weight excluding hydrogens is 364 g/mol. The highest BCUT2D eigenvalue weighted by Crippen LogP contribution is 2.60. The van der Waals surface area contributed by atoms with Gasteiger partial charge in [-0.25, -0.2) is 0 Å². The van der Waals surface area contributed by atoms with Crippen LogP contribution in [-0.4, -0.2) is 37.2 Å². The van der Waals surface area contributed by atoms with Crippen LogP contribution in [0.15, 0.2) is 18.2 Å². The highest BCUT2D eigenvalue weighted by Gasteiger charge is 2.54. The zero-order chi connectivity index (χ0) is 19.4. The molecule has 7 rings (SSSR count). The van der Waals surface area contributed by atoms with Crippen LogP contribution in [0.25, 0.3) is 0 Å². The van der Waals surface area contributed by atoms with E-state index in [1.54, 1.807) is 0 Å². The molecule has 2 heterocycles. The molecule has 1 saturated heterocycles. The molecule has 2 aliphatic heterocycles. The number of rotatable bonds is 5. The molecule has 4 saturated carbocycles. The molecule has 1 aromatic carbocycles. The first-order valence-corrected chi connectivity index (χ1v) is 11.6. The van der Waals surface area contributed by atoms with Gasteiger partial charge in [0.05, 0.1) is 6.04 Å². The summed E-state index contributed by atoms with van der Waals surface area (Å²) in [4.78, 5) is 16.0. The van der Waals surface area contributed by atoms with Gasteiger partial charge in [-0.2, -0.15) is 0 Å². The molecule has 0 radical (unpaired) electrons. The summed E-state index contributed by atoms with van der Waals surface area (Å²) in [5.74, 6) is 4.40. The molecule has 1 aromatic rings. The Morgan fingerprint density at radius 3 is 2.38 bits per heavy atom. The Kier molecular flexibility index (Phi) is 4.30. The fourth-order valence-electron chi connectivity index (χ4n) is 7.40. The number of carbonyl (C=O) groups is 1. The number of hydrogen-bond donors (Lipinski definition) is 1. The molecule has 1 unspecified atom stereocenters. The van der Waals surface area contributed by atoms with Gasteiger partial charge in [-0.1, -0.05) is 6.07 Å². The van der Waals surface area contributed by atoms with Crippen LogP contribution in [0.2, 0.25) is 0 Å². The second-order valence-electron chi connectivity index (χ2n) is 10.3. The molecule has 156 valence electrons. The van der Waals surface area contributed by atoms with Crippen molar-refractivity contribution >= 4 is 5.91 Å². The Bertz CT molecular complexity index is 766. The highest BCUT2D eigenvalue weighted by atomic mass is 16.7. The molecule has 4 bridgehead atoms. The van der Waals surface area contributed by atoms with E-state index in [4.69, 9.17) is 9.47 Å². The second kappa shape index (κ2) is 6.90. The number of fused-ring (bicyclic) bond motifs is 1. The zero-order valence-corrected chi connectivity index (χ0v) is 17.2. The van der Waals surface area contributed by atoms with E-state index in [1.165, 1.54) is 37.7 Å². The van der Waals surface area contributed by atoms with Crippen molar-refractivity contribution in [2.75, 3.05) is 26.4 Å². The zero-order valence-electron chi connectivity index (χ0n) is 17.2. The van der Waals surface area contributed by atoms with Crippen molar-refractivity contribution in [3.05, 3.63) is 23.8 Å². The summed E-state index contributed by atoms with van der Waals surface area (Å²) in [6.07, 6.45) is 9.99. The molecule has 1 amide bonds. The average molecular weight is 397 g/mol. The Morgan fingerprint density at radius 1 is 1.03 bits per heavy atom. The second-order valence-corrected chi connectivity index (χ2v) is 10.3. The van der Waals surface area contributed by atoms with Gasteiger partial charge in [-0.15, -0.1) is 0 Å². The quantitative estimate of drug-likeness (QED) is 0.821. The largest absolute Gasteiger partial charge is 0.454 e. The summed E-state index contributed by atoms with van der Waals surface area (Å²) in [6, 6.07) is 6.49. The minimum Gasteiger partial charge on any atom is -0.454 e. The number of ether oxygens (including phenoxy) is 2. The lowest BCUT2D eigenvalue weighted by atomic mass is 9.49. The maximum absolute atomic E-state index is 13.5. The number of nitrogens with zero attached hydrogens (tertiary/aromatic N) is 1. The van der Waals surface area contributed by atoms with Crippen molar-refractivity contribution in [3.63, 3.8) is 0 Å². The number of likely N-dealkylation sites (tertiary alicyclic amines) is 1. The molecule has 1 atom stereocenters. The first kappa shape index (κ1) is 18.1. The van der Waals surface area contributed by atoms with Crippen LogP contribution in [0.3, 0.4) is 0 Å². The Morgan fingerprint density at radius 2 is 1.69 bits per heavy atom. The lowest BCUT2D eigenvalue weighted by molar-refractivity contribution is -0.146. The van der Waals surface area contributed by atoms with Crippen LogP contribution in [-0.2, 0) is 4.79 Å². The summed E-state index contributed by atoms with van der Waals surface area (Å²) in [6.45, 7) is 3.20. The van der Waals surface area contributed by atoms with E-state index in [9.17, 15) is 4.79 Å². The number of amides is 1. The summed E-state index contributed by atoms with van der Waals surface area (Å²) < 4.78 is 11.1. The first-order valence-electron chi connectivity index (χ1n) is 11.6. The van der Waals surface area contributed by atoms with Crippen LogP contribution < -0.4 is 14.8 Å². The van der Waals surface area contributed by atoms with E-state index < -0.39 is 0 Å². The first-order chi connectivity index (χ1) is 14.2. The maximum atomic E-state index is 13.5. The van der Waals surface area contributed by atoms with E-state index in [1.807, 2.05) is 6.07 Å². The van der Waals surface area contributed by atoms with Gasteiger partial charge in [-0.05, 0) is 99.9 Å². The van der Waals surface area contributed by atoms with Gasteiger partial charge in [-0.3, -0.25) is 9.69 Å². The van der Waals surface area contributed by atoms with Gasteiger partial charge >= 0.3 is 0 Å². The number of nitrogens with one attached hydrogen (secondary N) is 1. The summed E-state index contributed by atoms with van der Waals surface area (Å²) in [5, 5.41) is 3.43. The van der Waals surface area contributed by atoms with E-state index >= 15 is 0 Å². The summed E-state index contributed by atoms with van der Waals surface area (Å²) in [7, 11) is 0. The Labute approximate surface area is 173 Å². The molecule has 4 aliphatic carbocycles. The maximum Gasteiger partial charge on any atom is 0.231 e. The van der Waals surface area contributed by atoms with Crippen LogP contribution in [0, 0.1) is 23.2 Å². The van der Waals surface area contributed by atoms with Crippen molar-refractivity contribution < 1.29 is 14.3 Å². The van der Waals surface area contributed by atoms with Crippen molar-refractivity contribution in [2.45, 2.75) is 57.4 Å². The Balaban J connectivity index is 1.20. The fourth-order valence-corrected chi connectivity index (χ4v) is 7.40. The van der Waals surface area contributed by atoms with Gasteiger partial charge in [0.15, 0.2) is 11.5 Å². The van der Waals surface area contributed by atoms with E-state index in [2.05, 4.69) is 22.3 Å². The van der Waals surface area contributed by atoms with Gasteiger partial charge in [0, 0.05) is 12.0 Å². The average Bonchev–Trinajstić information content (AvgIpc) is 3.38. The third kappa shape index (κ3) is 3.13. The van der Waals surface area contributed by atoms with E-state index in [0.29, 0.717) is 19.2 Å². The SMILES string of the molecule is O=C(NCC(c1ccc2c(c1)OCO2)N1CCCC1)C12CC3CC(CC(C3)C1)C2. The lowest BCUT2D eigenvalue weighted by Crippen LogP contribution is -2.54. The third-order valence-electron chi connectivity index (χ3n) is 8.34. The van der Waals surface area contributed by atoms with Crippen LogP contribution >= 0.6 is 0 Å². The molecule has 5 nitrogen and oxygen atoms in total. The van der Waals surface area contributed by atoms with Gasteiger partial charge < -0.3 is 14.8 Å². The summed E-state index contributed by atoms with van der Waals surface area (Å²) >= 11 is 0. The number of carbonyl (C=O) groups excluding carboxylic acids is 1. The van der Waals surface area contributed by atoms with Crippen molar-refractivity contribution in [2.24, 2.45) is 23.2 Å².